The zero-order valence-corrected chi connectivity index (χ0v) is 16.8. The first kappa shape index (κ1) is 21.9. The van der Waals surface area contributed by atoms with E-state index < -0.39 is 18.0 Å². The van der Waals surface area contributed by atoms with Crippen molar-refractivity contribution in [3.63, 3.8) is 0 Å². The van der Waals surface area contributed by atoms with Gasteiger partial charge in [-0.25, -0.2) is 4.79 Å². The van der Waals surface area contributed by atoms with Crippen LogP contribution in [-0.2, 0) is 19.1 Å². The van der Waals surface area contributed by atoms with Crippen molar-refractivity contribution in [2.75, 3.05) is 16.0 Å². The largest absolute Gasteiger partial charge is 0.449 e. The number of esters is 1. The number of halogens is 1. The van der Waals surface area contributed by atoms with Crippen LogP contribution in [0.25, 0.3) is 0 Å². The van der Waals surface area contributed by atoms with Crippen LogP contribution in [0, 0.1) is 0 Å². The maximum absolute atomic E-state index is 12.5. The van der Waals surface area contributed by atoms with Gasteiger partial charge in [0.15, 0.2) is 6.10 Å². The summed E-state index contributed by atoms with van der Waals surface area (Å²) in [6.45, 7) is 4.03. The Labute approximate surface area is 172 Å². The minimum atomic E-state index is -1.12. The predicted octanol–water partition coefficient (Wildman–Crippen LogP) is 3.44. The molecule has 0 saturated heterocycles. The highest BCUT2D eigenvalue weighted by Gasteiger charge is 2.21. The van der Waals surface area contributed by atoms with E-state index in [0.29, 0.717) is 22.1 Å². The molecule has 152 valence electrons. The van der Waals surface area contributed by atoms with Crippen LogP contribution in [0.2, 0.25) is 5.02 Å². The lowest BCUT2D eigenvalue weighted by Crippen LogP contribution is -2.30. The number of para-hydroxylation sites is 1. The van der Waals surface area contributed by atoms with Crippen LogP contribution in [0.1, 0.15) is 31.1 Å². The van der Waals surface area contributed by atoms with Crippen molar-refractivity contribution in [2.45, 2.75) is 26.9 Å². The number of ether oxygens (including phenoxy) is 1. The van der Waals surface area contributed by atoms with Gasteiger partial charge in [-0.05, 0) is 37.3 Å². The minimum Gasteiger partial charge on any atom is -0.449 e. The Morgan fingerprint density at radius 1 is 0.897 bits per heavy atom. The van der Waals surface area contributed by atoms with Gasteiger partial charge in [-0.15, -0.1) is 0 Å². The zero-order valence-electron chi connectivity index (χ0n) is 16.0. The Bertz CT molecular complexity index is 927. The molecule has 0 radical (unpaired) electrons. The maximum atomic E-state index is 12.5. The number of carbonyl (C=O) groups excluding carboxylic acids is 4. The zero-order chi connectivity index (χ0) is 21.6. The molecule has 1 unspecified atom stereocenters. The van der Waals surface area contributed by atoms with E-state index in [1.807, 2.05) is 0 Å². The molecular formula is C20H20ClN3O5. The fourth-order valence-corrected chi connectivity index (χ4v) is 2.56. The SMILES string of the molecule is CC(=O)Nc1cc(NC(C)=O)cc(C(=O)OC(C)C(=O)Nc2ccccc2Cl)c1. The molecule has 3 amide bonds. The normalized spacial score (nSPS) is 11.2. The maximum Gasteiger partial charge on any atom is 0.339 e. The summed E-state index contributed by atoms with van der Waals surface area (Å²) in [5.74, 6) is -2.06. The van der Waals surface area contributed by atoms with Gasteiger partial charge >= 0.3 is 5.97 Å². The number of amides is 3. The smallest absolute Gasteiger partial charge is 0.339 e. The van der Waals surface area contributed by atoms with Crippen molar-refractivity contribution in [1.29, 1.82) is 0 Å². The molecule has 2 aromatic carbocycles. The lowest BCUT2D eigenvalue weighted by Gasteiger charge is -2.15. The van der Waals surface area contributed by atoms with Gasteiger partial charge < -0.3 is 20.7 Å². The van der Waals surface area contributed by atoms with E-state index in [1.54, 1.807) is 24.3 Å². The molecule has 0 aliphatic heterocycles. The van der Waals surface area contributed by atoms with Crippen molar-refractivity contribution in [2.24, 2.45) is 0 Å². The summed E-state index contributed by atoms with van der Waals surface area (Å²) in [6.07, 6.45) is -1.12. The van der Waals surface area contributed by atoms with E-state index in [4.69, 9.17) is 16.3 Å². The fourth-order valence-electron chi connectivity index (χ4n) is 2.38. The molecule has 0 saturated carbocycles. The third kappa shape index (κ3) is 6.62. The minimum absolute atomic E-state index is 0.0531. The Morgan fingerprint density at radius 2 is 1.45 bits per heavy atom. The first-order valence-corrected chi connectivity index (χ1v) is 9.00. The number of benzene rings is 2. The summed E-state index contributed by atoms with van der Waals surface area (Å²) in [5, 5.41) is 8.00. The van der Waals surface area contributed by atoms with E-state index >= 15 is 0 Å². The molecule has 29 heavy (non-hydrogen) atoms. The molecule has 3 N–H and O–H groups in total. The molecule has 9 heteroatoms. The third-order valence-electron chi connectivity index (χ3n) is 3.59. The summed E-state index contributed by atoms with van der Waals surface area (Å²) in [4.78, 5) is 47.4. The third-order valence-corrected chi connectivity index (χ3v) is 3.92. The number of carbonyl (C=O) groups is 4. The Kier molecular flexibility index (Phi) is 7.33. The molecule has 0 spiro atoms. The van der Waals surface area contributed by atoms with Crippen LogP contribution in [0.15, 0.2) is 42.5 Å². The number of nitrogens with one attached hydrogen (secondary N) is 3. The molecule has 2 aromatic rings. The van der Waals surface area contributed by atoms with Crippen molar-refractivity contribution >= 4 is 52.4 Å². The van der Waals surface area contributed by atoms with Crippen molar-refractivity contribution < 1.29 is 23.9 Å². The van der Waals surface area contributed by atoms with E-state index in [1.165, 1.54) is 39.0 Å². The van der Waals surface area contributed by atoms with Gasteiger partial charge in [0.2, 0.25) is 11.8 Å². The highest BCUT2D eigenvalue weighted by Crippen LogP contribution is 2.22. The average Bonchev–Trinajstić information content (AvgIpc) is 2.62. The lowest BCUT2D eigenvalue weighted by molar-refractivity contribution is -0.123. The van der Waals surface area contributed by atoms with E-state index in [0.717, 1.165) is 0 Å². The van der Waals surface area contributed by atoms with Crippen LogP contribution in [0.4, 0.5) is 17.1 Å². The second-order valence-corrected chi connectivity index (χ2v) is 6.59. The average molecular weight is 418 g/mol. The molecule has 8 nitrogen and oxygen atoms in total. The van der Waals surface area contributed by atoms with Gasteiger partial charge in [-0.3, -0.25) is 14.4 Å². The van der Waals surface area contributed by atoms with Gasteiger partial charge in [0.1, 0.15) is 0 Å². The lowest BCUT2D eigenvalue weighted by atomic mass is 10.1. The summed E-state index contributed by atoms with van der Waals surface area (Å²) < 4.78 is 5.21. The van der Waals surface area contributed by atoms with E-state index in [9.17, 15) is 19.2 Å². The van der Waals surface area contributed by atoms with Crippen LogP contribution in [0.5, 0.6) is 0 Å². The van der Waals surface area contributed by atoms with Gasteiger partial charge in [-0.2, -0.15) is 0 Å². The van der Waals surface area contributed by atoms with Crippen molar-refractivity contribution in [3.8, 4) is 0 Å². The highest BCUT2D eigenvalue weighted by atomic mass is 35.5. The monoisotopic (exact) mass is 417 g/mol. The van der Waals surface area contributed by atoms with Crippen molar-refractivity contribution in [3.05, 3.63) is 53.1 Å². The van der Waals surface area contributed by atoms with Gasteiger partial charge in [0, 0.05) is 25.2 Å². The molecule has 0 aliphatic carbocycles. The quantitative estimate of drug-likeness (QED) is 0.623. The summed E-state index contributed by atoms with van der Waals surface area (Å²) in [7, 11) is 0. The van der Waals surface area contributed by atoms with Crippen LogP contribution in [0.3, 0.4) is 0 Å². The summed E-state index contributed by atoms with van der Waals surface area (Å²) >= 11 is 6.00. The summed E-state index contributed by atoms with van der Waals surface area (Å²) in [5.41, 5.74) is 1.04. The summed E-state index contributed by atoms with van der Waals surface area (Å²) in [6, 6.07) is 10.9. The number of hydrogen-bond donors (Lipinski definition) is 3. The number of rotatable bonds is 6. The van der Waals surface area contributed by atoms with Gasteiger partial charge in [0.25, 0.3) is 5.91 Å². The molecule has 0 heterocycles. The molecule has 1 atom stereocenters. The van der Waals surface area contributed by atoms with Crippen LogP contribution < -0.4 is 16.0 Å². The molecule has 0 fully saturated rings. The van der Waals surface area contributed by atoms with Gasteiger partial charge in [-0.1, -0.05) is 23.7 Å². The van der Waals surface area contributed by atoms with Crippen molar-refractivity contribution in [1.82, 2.24) is 0 Å². The molecular weight excluding hydrogens is 398 g/mol. The molecule has 0 aromatic heterocycles. The predicted molar refractivity (Wildman–Crippen MR) is 110 cm³/mol. The number of hydrogen-bond acceptors (Lipinski definition) is 5. The fraction of sp³-hybridized carbons (Fsp3) is 0.200. The van der Waals surface area contributed by atoms with Crippen LogP contribution in [-0.4, -0.2) is 29.8 Å². The topological polar surface area (TPSA) is 114 Å². The Balaban J connectivity index is 2.15. The second kappa shape index (κ2) is 9.70. The molecule has 0 bridgehead atoms. The Hall–Kier alpha value is -3.39. The number of anilines is 3. The van der Waals surface area contributed by atoms with Crippen LogP contribution >= 0.6 is 11.6 Å². The van der Waals surface area contributed by atoms with E-state index in [2.05, 4.69) is 16.0 Å². The standard InChI is InChI=1S/C20H20ClN3O5/c1-11(19(27)24-18-7-5-4-6-17(18)21)29-20(28)14-8-15(22-12(2)25)10-16(9-14)23-13(3)26/h4-11H,1-3H3,(H,22,25)(H,23,26)(H,24,27). The Morgan fingerprint density at radius 3 is 1.97 bits per heavy atom. The first-order chi connectivity index (χ1) is 13.7. The second-order valence-electron chi connectivity index (χ2n) is 6.18. The van der Waals surface area contributed by atoms with Gasteiger partial charge in [0.05, 0.1) is 16.3 Å². The highest BCUT2D eigenvalue weighted by molar-refractivity contribution is 6.33. The first-order valence-electron chi connectivity index (χ1n) is 8.62. The molecule has 2 rings (SSSR count). The molecule has 0 aliphatic rings. The van der Waals surface area contributed by atoms with E-state index in [-0.39, 0.29) is 17.4 Å².